The number of hydrogen-bond acceptors (Lipinski definition) is 3. The Morgan fingerprint density at radius 3 is 1.89 bits per heavy atom. The molecule has 0 saturated heterocycles. The third kappa shape index (κ3) is 9.95. The second kappa shape index (κ2) is 13.6. The Hall–Kier alpha value is -2.50. The molecule has 0 aromatic heterocycles. The molecule has 3 nitrogen and oxygen atoms in total. The molecule has 0 aliphatic heterocycles. The first kappa shape index (κ1) is 27.1. The van der Waals surface area contributed by atoms with Crippen LogP contribution >= 0.6 is 0 Å². The lowest BCUT2D eigenvalue weighted by Gasteiger charge is -2.28. The number of rotatable bonds is 12. The monoisotopic (exact) mass is 490 g/mol. The zero-order chi connectivity index (χ0) is 25.1. The number of hydrogen-bond donors (Lipinski definition) is 0. The van der Waals surface area contributed by atoms with Crippen LogP contribution in [0.5, 0.6) is 11.5 Å². The highest BCUT2D eigenvalue weighted by molar-refractivity contribution is 5.91. The van der Waals surface area contributed by atoms with Gasteiger partial charge in [0.25, 0.3) is 0 Å². The van der Waals surface area contributed by atoms with Gasteiger partial charge in [-0.2, -0.15) is 0 Å². The average molecular weight is 491 g/mol. The molecule has 0 amide bonds. The van der Waals surface area contributed by atoms with Crippen molar-refractivity contribution in [1.82, 2.24) is 0 Å². The zero-order valence-electron chi connectivity index (χ0n) is 20.6. The third-order valence-electron chi connectivity index (χ3n) is 6.97. The van der Waals surface area contributed by atoms with E-state index in [4.69, 9.17) is 4.74 Å². The summed E-state index contributed by atoms with van der Waals surface area (Å²) < 4.78 is 45.8. The molecule has 2 aromatic carbocycles. The molecule has 1 saturated carbocycles. The Bertz CT molecular complexity index is 883. The largest absolute Gasteiger partial charge is 0.573 e. The van der Waals surface area contributed by atoms with Crippen molar-refractivity contribution >= 4 is 5.97 Å². The highest BCUT2D eigenvalue weighted by Crippen LogP contribution is 2.34. The molecule has 1 fully saturated rings. The van der Waals surface area contributed by atoms with Crippen LogP contribution in [0, 0.1) is 11.8 Å². The molecular weight excluding hydrogens is 453 g/mol. The molecule has 0 radical (unpaired) electrons. The lowest BCUT2D eigenvalue weighted by Crippen LogP contribution is -2.17. The highest BCUT2D eigenvalue weighted by Gasteiger charge is 2.31. The van der Waals surface area contributed by atoms with Crippen LogP contribution in [-0.4, -0.2) is 12.3 Å². The second-order valence-corrected chi connectivity index (χ2v) is 9.73. The number of benzene rings is 2. The smallest absolute Gasteiger partial charge is 0.423 e. The minimum absolute atomic E-state index is 0.156. The molecule has 0 spiro atoms. The predicted octanol–water partition coefficient (Wildman–Crippen LogP) is 8.90. The summed E-state index contributed by atoms with van der Waals surface area (Å²) in [5.74, 6) is 1.10. The molecule has 1 aliphatic carbocycles. The molecule has 35 heavy (non-hydrogen) atoms. The Labute approximate surface area is 207 Å². The normalized spacial score (nSPS) is 18.3. The first-order valence-corrected chi connectivity index (χ1v) is 13.0. The van der Waals surface area contributed by atoms with Gasteiger partial charge in [-0.25, -0.2) is 4.79 Å². The minimum Gasteiger partial charge on any atom is -0.423 e. The lowest BCUT2D eigenvalue weighted by molar-refractivity contribution is -0.274. The van der Waals surface area contributed by atoms with Gasteiger partial charge in [-0.1, -0.05) is 83.3 Å². The van der Waals surface area contributed by atoms with Crippen molar-refractivity contribution in [2.45, 2.75) is 90.3 Å². The number of carbonyl (C=O) groups excluding carboxylic acids is 1. The van der Waals surface area contributed by atoms with Crippen molar-refractivity contribution in [2.75, 3.05) is 0 Å². The number of unbranched alkanes of at least 4 members (excludes halogenated alkanes) is 3. The number of aryl methyl sites for hydroxylation is 1. The highest BCUT2D eigenvalue weighted by atomic mass is 19.4. The molecule has 6 heteroatoms. The van der Waals surface area contributed by atoms with Crippen molar-refractivity contribution in [2.24, 2.45) is 11.8 Å². The molecule has 0 bridgehead atoms. The number of carbonyl (C=O) groups is 1. The number of esters is 1. The molecule has 0 atom stereocenters. The van der Waals surface area contributed by atoms with Crippen LogP contribution in [0.2, 0.25) is 0 Å². The van der Waals surface area contributed by atoms with Crippen LogP contribution in [-0.2, 0) is 6.42 Å². The van der Waals surface area contributed by atoms with Crippen molar-refractivity contribution in [1.29, 1.82) is 0 Å². The van der Waals surface area contributed by atoms with Crippen molar-refractivity contribution in [3.05, 3.63) is 59.7 Å². The summed E-state index contributed by atoms with van der Waals surface area (Å²) in [5, 5.41) is 0. The van der Waals surface area contributed by atoms with Gasteiger partial charge in [-0.05, 0) is 66.6 Å². The molecular formula is C29H37F3O3. The number of alkyl halides is 3. The SMILES string of the molecule is CCCCCC1CCC(CCCCc2ccc(C(=O)Oc3ccc(OC(F)(F)F)cc3)cc2)CC1. The summed E-state index contributed by atoms with van der Waals surface area (Å²) in [7, 11) is 0. The summed E-state index contributed by atoms with van der Waals surface area (Å²) in [6.07, 6.45) is 11.1. The van der Waals surface area contributed by atoms with Gasteiger partial charge in [0, 0.05) is 0 Å². The summed E-state index contributed by atoms with van der Waals surface area (Å²) in [4.78, 5) is 12.3. The third-order valence-corrected chi connectivity index (χ3v) is 6.97. The maximum atomic E-state index is 12.3. The van der Waals surface area contributed by atoms with E-state index >= 15 is 0 Å². The average Bonchev–Trinajstić information content (AvgIpc) is 2.83. The van der Waals surface area contributed by atoms with Gasteiger partial charge in [-0.3, -0.25) is 0 Å². The summed E-state index contributed by atoms with van der Waals surface area (Å²) in [5.41, 5.74) is 1.59. The molecule has 0 unspecified atom stereocenters. The van der Waals surface area contributed by atoms with Gasteiger partial charge >= 0.3 is 12.3 Å². The molecule has 3 rings (SSSR count). The van der Waals surface area contributed by atoms with E-state index in [2.05, 4.69) is 11.7 Å². The molecule has 192 valence electrons. The van der Waals surface area contributed by atoms with Gasteiger partial charge in [0.05, 0.1) is 5.56 Å². The first-order valence-electron chi connectivity index (χ1n) is 13.0. The van der Waals surface area contributed by atoms with E-state index in [-0.39, 0.29) is 11.5 Å². The van der Waals surface area contributed by atoms with Crippen LogP contribution in [0.1, 0.15) is 93.5 Å². The Morgan fingerprint density at radius 1 is 0.800 bits per heavy atom. The Kier molecular flexibility index (Phi) is 10.5. The van der Waals surface area contributed by atoms with Crippen LogP contribution in [0.15, 0.2) is 48.5 Å². The standard InChI is InChI=1S/C29H37F3O3/c1-2-3-4-7-22-10-12-23(13-11-22)8-5-6-9-24-14-16-25(17-15-24)28(33)34-26-18-20-27(21-19-26)35-29(30,31)32/h14-23H,2-13H2,1H3. The number of halogens is 3. The van der Waals surface area contributed by atoms with Gasteiger partial charge < -0.3 is 9.47 Å². The second-order valence-electron chi connectivity index (χ2n) is 9.73. The number of ether oxygens (including phenoxy) is 2. The van der Waals surface area contributed by atoms with Crippen molar-refractivity contribution in [3.8, 4) is 11.5 Å². The van der Waals surface area contributed by atoms with Gasteiger partial charge in [-0.15, -0.1) is 13.2 Å². The van der Waals surface area contributed by atoms with Crippen LogP contribution < -0.4 is 9.47 Å². The van der Waals surface area contributed by atoms with E-state index in [9.17, 15) is 18.0 Å². The fourth-order valence-corrected chi connectivity index (χ4v) is 4.94. The lowest BCUT2D eigenvalue weighted by atomic mass is 9.78. The van der Waals surface area contributed by atoms with E-state index in [0.717, 1.165) is 36.8 Å². The topological polar surface area (TPSA) is 35.5 Å². The quantitative estimate of drug-likeness (QED) is 0.169. The van der Waals surface area contributed by atoms with Crippen LogP contribution in [0.25, 0.3) is 0 Å². The van der Waals surface area contributed by atoms with Crippen molar-refractivity contribution < 1.29 is 27.4 Å². The van der Waals surface area contributed by atoms with Gasteiger partial charge in [0.2, 0.25) is 0 Å². The molecule has 1 aliphatic rings. The van der Waals surface area contributed by atoms with Crippen LogP contribution in [0.3, 0.4) is 0 Å². The summed E-state index contributed by atoms with van der Waals surface area (Å²) >= 11 is 0. The van der Waals surface area contributed by atoms with E-state index < -0.39 is 12.3 Å². The van der Waals surface area contributed by atoms with Crippen LogP contribution in [0.4, 0.5) is 13.2 Å². The summed E-state index contributed by atoms with van der Waals surface area (Å²) in [6.45, 7) is 2.27. The molecule has 0 N–H and O–H groups in total. The van der Waals surface area contributed by atoms with E-state index in [1.807, 2.05) is 12.1 Å². The molecule has 0 heterocycles. The zero-order valence-corrected chi connectivity index (χ0v) is 20.6. The Morgan fingerprint density at radius 2 is 1.34 bits per heavy atom. The maximum Gasteiger partial charge on any atom is 0.573 e. The first-order chi connectivity index (χ1) is 16.8. The van der Waals surface area contributed by atoms with E-state index in [0.29, 0.717) is 5.56 Å². The fraction of sp³-hybridized carbons (Fsp3) is 0.552. The van der Waals surface area contributed by atoms with Gasteiger partial charge in [0.1, 0.15) is 11.5 Å². The van der Waals surface area contributed by atoms with E-state index in [1.165, 1.54) is 81.9 Å². The predicted molar refractivity (Wildman–Crippen MR) is 132 cm³/mol. The van der Waals surface area contributed by atoms with Gasteiger partial charge in [0.15, 0.2) is 0 Å². The summed E-state index contributed by atoms with van der Waals surface area (Å²) in [6, 6.07) is 12.1. The van der Waals surface area contributed by atoms with E-state index in [1.54, 1.807) is 12.1 Å². The maximum absolute atomic E-state index is 12.3. The van der Waals surface area contributed by atoms with Crippen molar-refractivity contribution in [3.63, 3.8) is 0 Å². The minimum atomic E-state index is -4.76. The Balaban J connectivity index is 1.34. The fourth-order valence-electron chi connectivity index (χ4n) is 4.94. The molecule has 2 aromatic rings.